The number of rotatable bonds is 5. The number of piperazine rings is 1. The molecule has 0 spiro atoms. The number of nitrogens with zero attached hydrogens (tertiary/aromatic N) is 2. The Morgan fingerprint density at radius 3 is 2.72 bits per heavy atom. The first-order valence-electron chi connectivity index (χ1n) is 9.49. The molecule has 5 heteroatoms. The highest BCUT2D eigenvalue weighted by Crippen LogP contribution is 2.24. The normalized spacial score (nSPS) is 23.4. The molecule has 1 aromatic carbocycles. The van der Waals surface area contributed by atoms with Crippen molar-refractivity contribution in [2.24, 2.45) is 5.92 Å². The molecule has 4 nitrogen and oxygen atoms in total. The van der Waals surface area contributed by atoms with Crippen LogP contribution in [0.1, 0.15) is 44.2 Å². The van der Waals surface area contributed by atoms with E-state index >= 15 is 0 Å². The van der Waals surface area contributed by atoms with Gasteiger partial charge in [-0.3, -0.25) is 9.69 Å². The van der Waals surface area contributed by atoms with Gasteiger partial charge in [-0.25, -0.2) is 4.39 Å². The predicted molar refractivity (Wildman–Crippen MR) is 95.7 cm³/mol. The van der Waals surface area contributed by atoms with Crippen LogP contribution in [0, 0.1) is 11.7 Å². The van der Waals surface area contributed by atoms with Crippen molar-refractivity contribution >= 4 is 5.91 Å². The zero-order valence-corrected chi connectivity index (χ0v) is 15.1. The van der Waals surface area contributed by atoms with Crippen LogP contribution in [0.4, 0.5) is 4.39 Å². The monoisotopic (exact) mass is 348 g/mol. The maximum atomic E-state index is 14.0. The summed E-state index contributed by atoms with van der Waals surface area (Å²) in [5, 5.41) is 0. The third-order valence-corrected chi connectivity index (χ3v) is 5.59. The second kappa shape index (κ2) is 8.77. The van der Waals surface area contributed by atoms with Gasteiger partial charge in [0, 0.05) is 57.4 Å². The molecule has 2 aliphatic rings. The standard InChI is InChI=1S/C20H29FN2O2/c1-16(18-6-2-3-7-19(18)21)22-10-12-23(13-11-22)20(24)9-8-17-5-4-14-25-15-17/h2-3,6-7,16-17H,4-5,8-15H2,1H3/t16-,17+/m0/s1. The summed E-state index contributed by atoms with van der Waals surface area (Å²) in [6.45, 7) is 6.78. The molecule has 0 radical (unpaired) electrons. The van der Waals surface area contributed by atoms with E-state index in [1.54, 1.807) is 6.07 Å². The van der Waals surface area contributed by atoms with Crippen molar-refractivity contribution < 1.29 is 13.9 Å². The topological polar surface area (TPSA) is 32.8 Å². The van der Waals surface area contributed by atoms with Gasteiger partial charge < -0.3 is 9.64 Å². The first-order chi connectivity index (χ1) is 12.1. The summed E-state index contributed by atoms with van der Waals surface area (Å²) in [7, 11) is 0. The van der Waals surface area contributed by atoms with Crippen LogP contribution in [0.2, 0.25) is 0 Å². The smallest absolute Gasteiger partial charge is 0.222 e. The number of carbonyl (C=O) groups excluding carboxylic acids is 1. The molecule has 0 aliphatic carbocycles. The van der Waals surface area contributed by atoms with E-state index in [9.17, 15) is 9.18 Å². The van der Waals surface area contributed by atoms with Crippen LogP contribution in [-0.2, 0) is 9.53 Å². The van der Waals surface area contributed by atoms with Gasteiger partial charge in [-0.1, -0.05) is 18.2 Å². The fourth-order valence-corrected chi connectivity index (χ4v) is 3.89. The van der Waals surface area contributed by atoms with E-state index in [0.717, 1.165) is 57.8 Å². The molecule has 25 heavy (non-hydrogen) atoms. The van der Waals surface area contributed by atoms with Gasteiger partial charge in [0.1, 0.15) is 5.82 Å². The molecule has 2 atom stereocenters. The van der Waals surface area contributed by atoms with Gasteiger partial charge in [0.2, 0.25) is 5.91 Å². The Balaban J connectivity index is 1.44. The average Bonchev–Trinajstić information content (AvgIpc) is 2.67. The highest BCUT2D eigenvalue weighted by atomic mass is 19.1. The molecular formula is C20H29FN2O2. The Bertz CT molecular complexity index is 567. The number of benzene rings is 1. The van der Waals surface area contributed by atoms with Crippen LogP contribution >= 0.6 is 0 Å². The maximum Gasteiger partial charge on any atom is 0.222 e. The van der Waals surface area contributed by atoms with Crippen molar-refractivity contribution in [3.8, 4) is 0 Å². The molecule has 0 N–H and O–H groups in total. The van der Waals surface area contributed by atoms with E-state index in [2.05, 4.69) is 4.90 Å². The molecule has 138 valence electrons. The van der Waals surface area contributed by atoms with Crippen LogP contribution in [0.3, 0.4) is 0 Å². The van der Waals surface area contributed by atoms with E-state index in [0.29, 0.717) is 12.3 Å². The fraction of sp³-hybridized carbons (Fsp3) is 0.650. The summed E-state index contributed by atoms with van der Waals surface area (Å²) in [6, 6.07) is 7.01. The van der Waals surface area contributed by atoms with Gasteiger partial charge in [0.05, 0.1) is 0 Å². The molecule has 2 saturated heterocycles. The third-order valence-electron chi connectivity index (χ3n) is 5.59. The molecule has 2 heterocycles. The van der Waals surface area contributed by atoms with Crippen LogP contribution < -0.4 is 0 Å². The second-order valence-corrected chi connectivity index (χ2v) is 7.24. The summed E-state index contributed by atoms with van der Waals surface area (Å²) in [5.41, 5.74) is 0.736. The van der Waals surface area contributed by atoms with E-state index in [4.69, 9.17) is 4.74 Å². The zero-order chi connectivity index (χ0) is 17.6. The van der Waals surface area contributed by atoms with Crippen LogP contribution in [0.5, 0.6) is 0 Å². The number of halogens is 1. The number of hydrogen-bond acceptors (Lipinski definition) is 3. The second-order valence-electron chi connectivity index (χ2n) is 7.24. The quantitative estimate of drug-likeness (QED) is 0.819. The van der Waals surface area contributed by atoms with Gasteiger partial charge >= 0.3 is 0 Å². The number of carbonyl (C=O) groups is 1. The number of ether oxygens (including phenoxy) is 1. The minimum absolute atomic E-state index is 0.0397. The van der Waals surface area contributed by atoms with E-state index < -0.39 is 0 Å². The molecule has 0 unspecified atom stereocenters. The summed E-state index contributed by atoms with van der Waals surface area (Å²) in [4.78, 5) is 16.7. The molecule has 0 bridgehead atoms. The van der Waals surface area contributed by atoms with Gasteiger partial charge in [0.15, 0.2) is 0 Å². The van der Waals surface area contributed by atoms with Crippen molar-refractivity contribution in [1.82, 2.24) is 9.80 Å². The Labute approximate surface area is 149 Å². The molecular weight excluding hydrogens is 319 g/mol. The minimum atomic E-state index is -0.150. The lowest BCUT2D eigenvalue weighted by atomic mass is 9.96. The molecule has 0 aromatic heterocycles. The lowest BCUT2D eigenvalue weighted by Gasteiger charge is -2.38. The third kappa shape index (κ3) is 4.79. The van der Waals surface area contributed by atoms with Crippen LogP contribution in [0.25, 0.3) is 0 Å². The molecule has 0 saturated carbocycles. The summed E-state index contributed by atoms with van der Waals surface area (Å²) < 4.78 is 19.5. The van der Waals surface area contributed by atoms with Crippen LogP contribution in [-0.4, -0.2) is 55.1 Å². The number of amides is 1. The Morgan fingerprint density at radius 1 is 1.28 bits per heavy atom. The van der Waals surface area contributed by atoms with E-state index in [-0.39, 0.29) is 17.8 Å². The van der Waals surface area contributed by atoms with Crippen molar-refractivity contribution in [1.29, 1.82) is 0 Å². The molecule has 2 fully saturated rings. The van der Waals surface area contributed by atoms with Crippen molar-refractivity contribution in [2.45, 2.75) is 38.6 Å². The van der Waals surface area contributed by atoms with Gasteiger partial charge in [0.25, 0.3) is 0 Å². The predicted octanol–water partition coefficient (Wildman–Crippen LogP) is 3.24. The Kier molecular flexibility index (Phi) is 6.43. The van der Waals surface area contributed by atoms with Crippen molar-refractivity contribution in [3.63, 3.8) is 0 Å². The summed E-state index contributed by atoms with van der Waals surface area (Å²) >= 11 is 0. The maximum absolute atomic E-state index is 14.0. The van der Waals surface area contributed by atoms with Crippen molar-refractivity contribution in [2.75, 3.05) is 39.4 Å². The van der Waals surface area contributed by atoms with Gasteiger partial charge in [-0.2, -0.15) is 0 Å². The fourth-order valence-electron chi connectivity index (χ4n) is 3.89. The summed E-state index contributed by atoms with van der Waals surface area (Å²) in [5.74, 6) is 0.645. The van der Waals surface area contributed by atoms with E-state index in [1.807, 2.05) is 24.0 Å². The Hall–Kier alpha value is -1.46. The first-order valence-corrected chi connectivity index (χ1v) is 9.49. The lowest BCUT2D eigenvalue weighted by molar-refractivity contribution is -0.133. The highest BCUT2D eigenvalue weighted by Gasteiger charge is 2.26. The summed E-state index contributed by atoms with van der Waals surface area (Å²) in [6.07, 6.45) is 3.86. The van der Waals surface area contributed by atoms with E-state index in [1.165, 1.54) is 12.5 Å². The molecule has 3 rings (SSSR count). The first kappa shape index (κ1) is 18.3. The minimum Gasteiger partial charge on any atom is -0.381 e. The van der Waals surface area contributed by atoms with Gasteiger partial charge in [-0.15, -0.1) is 0 Å². The SMILES string of the molecule is C[C@@H](c1ccccc1F)N1CCN(C(=O)CC[C@H]2CCCOC2)CC1. The van der Waals surface area contributed by atoms with Crippen molar-refractivity contribution in [3.05, 3.63) is 35.6 Å². The lowest BCUT2D eigenvalue weighted by Crippen LogP contribution is -2.49. The average molecular weight is 348 g/mol. The highest BCUT2D eigenvalue weighted by molar-refractivity contribution is 5.76. The molecule has 2 aliphatic heterocycles. The van der Waals surface area contributed by atoms with Gasteiger partial charge in [-0.05, 0) is 38.2 Å². The number of hydrogen-bond donors (Lipinski definition) is 0. The molecule has 1 amide bonds. The van der Waals surface area contributed by atoms with Crippen LogP contribution in [0.15, 0.2) is 24.3 Å². The zero-order valence-electron chi connectivity index (χ0n) is 15.1. The largest absolute Gasteiger partial charge is 0.381 e. The molecule has 1 aromatic rings. The Morgan fingerprint density at radius 2 is 2.04 bits per heavy atom.